The minimum absolute atomic E-state index is 0.423. The van der Waals surface area contributed by atoms with E-state index in [1.54, 1.807) is 0 Å². The van der Waals surface area contributed by atoms with Gasteiger partial charge in [0.25, 0.3) is 0 Å². The molecular weight excluding hydrogens is 188 g/mol. The summed E-state index contributed by atoms with van der Waals surface area (Å²) in [6.07, 6.45) is 0. The van der Waals surface area contributed by atoms with Crippen molar-refractivity contribution in [3.8, 4) is 0 Å². The molecule has 0 heterocycles. The molecule has 0 aromatic carbocycles. The summed E-state index contributed by atoms with van der Waals surface area (Å²) in [7, 11) is 2.06. The molecule has 1 unspecified atom stereocenters. The molecule has 0 spiro atoms. The molecule has 0 rings (SSSR count). The predicted octanol–water partition coefficient (Wildman–Crippen LogP) is 1.32. The number of rotatable bonds is 7. The van der Waals surface area contributed by atoms with E-state index in [2.05, 4.69) is 45.0 Å². The van der Waals surface area contributed by atoms with E-state index >= 15 is 0 Å². The first-order chi connectivity index (χ1) is 6.73. The van der Waals surface area contributed by atoms with Gasteiger partial charge in [-0.05, 0) is 19.9 Å². The molecule has 0 aliphatic heterocycles. The highest BCUT2D eigenvalue weighted by Crippen LogP contribution is 2.06. The molecule has 92 valence electrons. The first kappa shape index (κ1) is 14.9. The molecule has 0 fully saturated rings. The molecule has 0 amide bonds. The third-order valence-electron chi connectivity index (χ3n) is 2.18. The number of nitrogens with one attached hydrogen (secondary N) is 1. The fraction of sp³-hybridized carbons (Fsp3) is 1.00. The second-order valence-electron chi connectivity index (χ2n) is 5.62. The second-order valence-corrected chi connectivity index (χ2v) is 5.62. The van der Waals surface area contributed by atoms with Crippen molar-refractivity contribution in [1.29, 1.82) is 0 Å². The van der Waals surface area contributed by atoms with Crippen LogP contribution in [-0.2, 0) is 0 Å². The average Bonchev–Trinajstić information content (AvgIpc) is 1.98. The molecule has 3 nitrogen and oxygen atoms in total. The lowest BCUT2D eigenvalue weighted by Gasteiger charge is -2.31. The number of hydrogen-bond acceptors (Lipinski definition) is 3. The summed E-state index contributed by atoms with van der Waals surface area (Å²) in [5.74, 6) is 0.642. The van der Waals surface area contributed by atoms with Crippen molar-refractivity contribution in [2.45, 2.75) is 46.3 Å². The quantitative estimate of drug-likeness (QED) is 0.674. The molecule has 0 saturated carbocycles. The van der Waals surface area contributed by atoms with Gasteiger partial charge in [-0.3, -0.25) is 0 Å². The van der Waals surface area contributed by atoms with Crippen molar-refractivity contribution in [3.05, 3.63) is 0 Å². The smallest absolute Gasteiger partial charge is 0.0869 e. The van der Waals surface area contributed by atoms with E-state index in [1.807, 2.05) is 6.92 Å². The zero-order chi connectivity index (χ0) is 12.1. The number of likely N-dealkylation sites (N-methyl/N-ethyl adjacent to an activating group) is 1. The topological polar surface area (TPSA) is 35.5 Å². The Bertz CT molecular complexity index is 167. The Hall–Kier alpha value is -0.120. The van der Waals surface area contributed by atoms with Crippen LogP contribution >= 0.6 is 0 Å². The van der Waals surface area contributed by atoms with Crippen molar-refractivity contribution in [3.63, 3.8) is 0 Å². The van der Waals surface area contributed by atoms with Gasteiger partial charge < -0.3 is 15.3 Å². The van der Waals surface area contributed by atoms with Crippen molar-refractivity contribution in [2.75, 3.05) is 26.7 Å². The number of nitrogens with zero attached hydrogens (tertiary/aromatic N) is 1. The van der Waals surface area contributed by atoms with E-state index in [0.29, 0.717) is 25.0 Å². The van der Waals surface area contributed by atoms with E-state index in [-0.39, 0.29) is 0 Å². The summed E-state index contributed by atoms with van der Waals surface area (Å²) in [5.41, 5.74) is -0.645. The first-order valence-electron chi connectivity index (χ1n) is 5.87. The van der Waals surface area contributed by atoms with Crippen LogP contribution in [0.15, 0.2) is 0 Å². The Morgan fingerprint density at radius 3 is 2.20 bits per heavy atom. The maximum Gasteiger partial charge on any atom is 0.0869 e. The van der Waals surface area contributed by atoms with Crippen LogP contribution in [0, 0.1) is 5.92 Å². The van der Waals surface area contributed by atoms with Gasteiger partial charge in [-0.15, -0.1) is 0 Å². The zero-order valence-corrected chi connectivity index (χ0v) is 11.2. The van der Waals surface area contributed by atoms with E-state index in [9.17, 15) is 5.11 Å². The van der Waals surface area contributed by atoms with Crippen molar-refractivity contribution < 1.29 is 5.11 Å². The van der Waals surface area contributed by atoms with Crippen LogP contribution in [0.4, 0.5) is 0 Å². The van der Waals surface area contributed by atoms with Crippen LogP contribution in [-0.4, -0.2) is 48.3 Å². The van der Waals surface area contributed by atoms with Gasteiger partial charge >= 0.3 is 0 Å². The number of hydrogen-bond donors (Lipinski definition) is 2. The van der Waals surface area contributed by atoms with Gasteiger partial charge in [-0.2, -0.15) is 0 Å². The van der Waals surface area contributed by atoms with Gasteiger partial charge in [-0.1, -0.05) is 27.7 Å². The van der Waals surface area contributed by atoms with E-state index in [4.69, 9.17) is 0 Å². The van der Waals surface area contributed by atoms with Gasteiger partial charge in [0.2, 0.25) is 0 Å². The number of aliphatic hydroxyl groups is 1. The van der Waals surface area contributed by atoms with Crippen molar-refractivity contribution in [1.82, 2.24) is 10.2 Å². The van der Waals surface area contributed by atoms with Gasteiger partial charge in [0.1, 0.15) is 0 Å². The maximum atomic E-state index is 10.1. The normalized spacial score (nSPS) is 16.4. The first-order valence-corrected chi connectivity index (χ1v) is 5.87. The molecule has 0 radical (unpaired) electrons. The van der Waals surface area contributed by atoms with Crippen LogP contribution in [0.25, 0.3) is 0 Å². The molecule has 15 heavy (non-hydrogen) atoms. The molecule has 0 saturated heterocycles. The molecule has 0 aliphatic rings. The monoisotopic (exact) mass is 216 g/mol. The predicted molar refractivity (Wildman–Crippen MR) is 66.1 cm³/mol. The van der Waals surface area contributed by atoms with Gasteiger partial charge in [-0.25, -0.2) is 0 Å². The van der Waals surface area contributed by atoms with E-state index in [0.717, 1.165) is 6.54 Å². The zero-order valence-electron chi connectivity index (χ0n) is 11.2. The fourth-order valence-corrected chi connectivity index (χ4v) is 1.75. The van der Waals surface area contributed by atoms with Crippen LogP contribution < -0.4 is 5.32 Å². The Kier molecular flexibility index (Phi) is 6.41. The van der Waals surface area contributed by atoms with Crippen molar-refractivity contribution >= 4 is 0 Å². The standard InChI is InChI=1S/C12H28N2O/c1-10(2)7-14(6)9-12(5,15)8-13-11(3)4/h10-11,13,15H,7-9H2,1-6H3. The SMILES string of the molecule is CC(C)CN(C)CC(C)(O)CNC(C)C. The highest BCUT2D eigenvalue weighted by Gasteiger charge is 2.22. The molecule has 2 N–H and O–H groups in total. The molecular formula is C12H28N2O. The summed E-state index contributed by atoms with van der Waals surface area (Å²) < 4.78 is 0. The Balaban J connectivity index is 3.90. The lowest BCUT2D eigenvalue weighted by Crippen LogP contribution is -2.48. The summed E-state index contributed by atoms with van der Waals surface area (Å²) in [6.45, 7) is 12.8. The molecule has 0 bridgehead atoms. The Morgan fingerprint density at radius 2 is 1.80 bits per heavy atom. The minimum Gasteiger partial charge on any atom is -0.388 e. The maximum absolute atomic E-state index is 10.1. The summed E-state index contributed by atoms with van der Waals surface area (Å²) in [4.78, 5) is 2.19. The van der Waals surface area contributed by atoms with Crippen molar-refractivity contribution in [2.24, 2.45) is 5.92 Å². The molecule has 3 heteroatoms. The molecule has 0 aromatic rings. The molecule has 1 atom stereocenters. The Morgan fingerprint density at radius 1 is 1.27 bits per heavy atom. The van der Waals surface area contributed by atoms with Gasteiger partial charge in [0, 0.05) is 25.7 Å². The van der Waals surface area contributed by atoms with E-state index in [1.165, 1.54) is 0 Å². The van der Waals surface area contributed by atoms with Crippen LogP contribution in [0.1, 0.15) is 34.6 Å². The second kappa shape index (κ2) is 6.46. The lowest BCUT2D eigenvalue weighted by atomic mass is 10.1. The van der Waals surface area contributed by atoms with Gasteiger partial charge in [0.05, 0.1) is 5.60 Å². The average molecular weight is 216 g/mol. The third kappa shape index (κ3) is 8.85. The van der Waals surface area contributed by atoms with Gasteiger partial charge in [0.15, 0.2) is 0 Å². The highest BCUT2D eigenvalue weighted by molar-refractivity contribution is 4.80. The minimum atomic E-state index is -0.645. The summed E-state index contributed by atoms with van der Waals surface area (Å²) in [5, 5.41) is 13.4. The summed E-state index contributed by atoms with van der Waals surface area (Å²) in [6, 6.07) is 0.423. The van der Waals surface area contributed by atoms with E-state index < -0.39 is 5.60 Å². The molecule has 0 aliphatic carbocycles. The summed E-state index contributed by atoms with van der Waals surface area (Å²) >= 11 is 0. The lowest BCUT2D eigenvalue weighted by molar-refractivity contribution is 0.0234. The van der Waals surface area contributed by atoms with Crippen LogP contribution in [0.5, 0.6) is 0 Å². The highest BCUT2D eigenvalue weighted by atomic mass is 16.3. The van der Waals surface area contributed by atoms with Crippen LogP contribution in [0.3, 0.4) is 0 Å². The Labute approximate surface area is 94.9 Å². The van der Waals surface area contributed by atoms with Crippen LogP contribution in [0.2, 0.25) is 0 Å². The fourth-order valence-electron chi connectivity index (χ4n) is 1.75. The third-order valence-corrected chi connectivity index (χ3v) is 2.18. The molecule has 0 aromatic heterocycles. The largest absolute Gasteiger partial charge is 0.388 e.